The van der Waals surface area contributed by atoms with Gasteiger partial charge in [0.15, 0.2) is 17.0 Å². The predicted molar refractivity (Wildman–Crippen MR) is 203 cm³/mol. The largest absolute Gasteiger partial charge is 0.496 e. The van der Waals surface area contributed by atoms with Gasteiger partial charge in [-0.25, -0.2) is 4.98 Å². The van der Waals surface area contributed by atoms with Crippen molar-refractivity contribution >= 4 is 39.1 Å². The molecule has 1 aliphatic heterocycles. The maximum Gasteiger partial charge on any atom is 0.326 e. The molecule has 0 amide bonds. The van der Waals surface area contributed by atoms with Gasteiger partial charge < -0.3 is 38.1 Å². The molecule has 6 aromatic rings. The van der Waals surface area contributed by atoms with Crippen molar-refractivity contribution in [3.8, 4) is 29.0 Å². The molecule has 268 valence electrons. The summed E-state index contributed by atoms with van der Waals surface area (Å²) in [6, 6.07) is 27.1. The molecule has 0 N–H and O–H groups in total. The molecule has 1 aliphatic carbocycles. The number of methoxy groups -OCH3 is 3. The number of benzene rings is 4. The lowest BCUT2D eigenvalue weighted by Crippen LogP contribution is -2.36. The smallest absolute Gasteiger partial charge is 0.326 e. The van der Waals surface area contributed by atoms with Gasteiger partial charge >= 0.3 is 6.01 Å². The van der Waals surface area contributed by atoms with E-state index in [-0.39, 0.29) is 6.01 Å². The van der Waals surface area contributed by atoms with Crippen LogP contribution in [0.5, 0.6) is 29.0 Å². The van der Waals surface area contributed by atoms with Gasteiger partial charge in [0.2, 0.25) is 0 Å². The van der Waals surface area contributed by atoms with Gasteiger partial charge in [0.05, 0.1) is 53.0 Å². The summed E-state index contributed by atoms with van der Waals surface area (Å²) in [5.74, 6) is 3.22. The zero-order valence-corrected chi connectivity index (χ0v) is 30.0. The SMILES string of the molecule is COc1cc(OC)c(CN(c2ccc(N3CCOCC3)cc2)c2nc(Oc3cccc4ccccc34)nc3c2ncn3C2CCCCC2)c(OC)c1. The summed E-state index contributed by atoms with van der Waals surface area (Å²) in [7, 11) is 4.95. The van der Waals surface area contributed by atoms with Crippen molar-refractivity contribution in [3.05, 3.63) is 90.8 Å². The van der Waals surface area contributed by atoms with Gasteiger partial charge in [-0.2, -0.15) is 9.97 Å². The van der Waals surface area contributed by atoms with E-state index in [0.29, 0.717) is 60.1 Å². The van der Waals surface area contributed by atoms with Crippen LogP contribution >= 0.6 is 0 Å². The van der Waals surface area contributed by atoms with Crippen LogP contribution in [0, 0.1) is 0 Å². The molecule has 11 nitrogen and oxygen atoms in total. The Balaban J connectivity index is 1.30. The number of hydrogen-bond donors (Lipinski definition) is 0. The lowest BCUT2D eigenvalue weighted by atomic mass is 9.95. The second-order valence-electron chi connectivity index (χ2n) is 13.2. The number of fused-ring (bicyclic) bond motifs is 2. The maximum atomic E-state index is 6.63. The van der Waals surface area contributed by atoms with Gasteiger partial charge in [-0.05, 0) is 48.6 Å². The normalized spacial score (nSPS) is 15.2. The highest BCUT2D eigenvalue weighted by molar-refractivity contribution is 5.89. The number of hydrogen-bond acceptors (Lipinski definition) is 10. The van der Waals surface area contributed by atoms with E-state index in [1.54, 1.807) is 21.3 Å². The van der Waals surface area contributed by atoms with Gasteiger partial charge in [-0.3, -0.25) is 0 Å². The van der Waals surface area contributed by atoms with Gasteiger partial charge in [-0.1, -0.05) is 55.7 Å². The van der Waals surface area contributed by atoms with Crippen molar-refractivity contribution in [2.45, 2.75) is 44.7 Å². The first-order chi connectivity index (χ1) is 25.6. The van der Waals surface area contributed by atoms with Crippen LogP contribution in [-0.4, -0.2) is 67.2 Å². The zero-order valence-electron chi connectivity index (χ0n) is 30.0. The van der Waals surface area contributed by atoms with Crippen LogP contribution in [0.2, 0.25) is 0 Å². The average molecular weight is 701 g/mol. The number of nitrogens with zero attached hydrogens (tertiary/aromatic N) is 6. The predicted octanol–water partition coefficient (Wildman–Crippen LogP) is 8.48. The molecule has 0 atom stereocenters. The Morgan fingerprint density at radius 2 is 1.52 bits per heavy atom. The quantitative estimate of drug-likeness (QED) is 0.131. The number of morpholine rings is 1. The Morgan fingerprint density at radius 3 is 2.25 bits per heavy atom. The van der Waals surface area contributed by atoms with E-state index < -0.39 is 0 Å². The zero-order chi connectivity index (χ0) is 35.4. The summed E-state index contributed by atoms with van der Waals surface area (Å²) < 4.78 is 31.9. The molecular weight excluding hydrogens is 656 g/mol. The molecule has 1 saturated carbocycles. The third-order valence-corrected chi connectivity index (χ3v) is 10.2. The highest BCUT2D eigenvalue weighted by atomic mass is 16.5. The van der Waals surface area contributed by atoms with Crippen LogP contribution in [-0.2, 0) is 11.3 Å². The number of ether oxygens (including phenoxy) is 5. The van der Waals surface area contributed by atoms with Crippen molar-refractivity contribution in [2.24, 2.45) is 0 Å². The molecule has 0 unspecified atom stereocenters. The number of imidazole rings is 1. The van der Waals surface area contributed by atoms with E-state index >= 15 is 0 Å². The minimum Gasteiger partial charge on any atom is -0.496 e. The molecule has 1 saturated heterocycles. The first kappa shape index (κ1) is 33.6. The molecule has 52 heavy (non-hydrogen) atoms. The van der Waals surface area contributed by atoms with Crippen LogP contribution in [0.3, 0.4) is 0 Å². The summed E-state index contributed by atoms with van der Waals surface area (Å²) in [5, 5.41) is 2.06. The minimum atomic E-state index is 0.250. The van der Waals surface area contributed by atoms with Crippen molar-refractivity contribution < 1.29 is 23.7 Å². The van der Waals surface area contributed by atoms with Crippen LogP contribution in [0.15, 0.2) is 85.2 Å². The average Bonchev–Trinajstić information content (AvgIpc) is 3.64. The monoisotopic (exact) mass is 700 g/mol. The molecule has 4 aromatic carbocycles. The Morgan fingerprint density at radius 1 is 0.788 bits per heavy atom. The van der Waals surface area contributed by atoms with Crippen LogP contribution < -0.4 is 28.7 Å². The van der Waals surface area contributed by atoms with Crippen molar-refractivity contribution in [2.75, 3.05) is 57.4 Å². The van der Waals surface area contributed by atoms with Crippen molar-refractivity contribution in [1.29, 1.82) is 0 Å². The van der Waals surface area contributed by atoms with E-state index in [1.807, 2.05) is 42.7 Å². The lowest BCUT2D eigenvalue weighted by Gasteiger charge is -2.30. The topological polar surface area (TPSA) is 96.2 Å². The summed E-state index contributed by atoms with van der Waals surface area (Å²) in [4.78, 5) is 19.8. The summed E-state index contributed by atoms with van der Waals surface area (Å²) >= 11 is 0. The summed E-state index contributed by atoms with van der Waals surface area (Å²) in [6.07, 6.45) is 7.70. The highest BCUT2D eigenvalue weighted by Crippen LogP contribution is 2.41. The fourth-order valence-electron chi connectivity index (χ4n) is 7.47. The number of rotatable bonds is 11. The van der Waals surface area contributed by atoms with E-state index in [2.05, 4.69) is 56.8 Å². The van der Waals surface area contributed by atoms with Gasteiger partial charge in [0.25, 0.3) is 0 Å². The Kier molecular flexibility index (Phi) is 9.67. The first-order valence-electron chi connectivity index (χ1n) is 18.0. The molecule has 0 spiro atoms. The molecule has 0 bridgehead atoms. The Hall–Kier alpha value is -5.55. The van der Waals surface area contributed by atoms with Gasteiger partial charge in [-0.15, -0.1) is 0 Å². The Bertz CT molecular complexity index is 2130. The van der Waals surface area contributed by atoms with E-state index in [9.17, 15) is 0 Å². The molecule has 8 rings (SSSR count). The van der Waals surface area contributed by atoms with Crippen LogP contribution in [0.25, 0.3) is 21.9 Å². The standard InChI is InChI=1S/C41H44N6O5/c1-48-32-24-36(49-2)34(37(25-32)50-3)26-46(31-18-16-29(17-19-31)45-20-22-51-23-21-45)39-38-40(47(27-42-38)30-12-5-4-6-13-30)44-41(43-39)52-35-15-9-11-28-10-7-8-14-33(28)35/h7-11,14-19,24-25,27,30H,4-6,12-13,20-23,26H2,1-3H3. The third kappa shape index (κ3) is 6.64. The van der Waals surface area contributed by atoms with Gasteiger partial charge in [0.1, 0.15) is 23.0 Å². The second-order valence-corrected chi connectivity index (χ2v) is 13.2. The fourth-order valence-corrected chi connectivity index (χ4v) is 7.47. The van der Waals surface area contributed by atoms with E-state index in [1.165, 1.54) is 19.3 Å². The van der Waals surface area contributed by atoms with E-state index in [4.69, 9.17) is 38.6 Å². The minimum absolute atomic E-state index is 0.250. The number of aromatic nitrogens is 4. The molecule has 2 aliphatic rings. The Labute approximate surface area is 303 Å². The maximum absolute atomic E-state index is 6.63. The van der Waals surface area contributed by atoms with Crippen LogP contribution in [0.1, 0.15) is 43.7 Å². The summed E-state index contributed by atoms with van der Waals surface area (Å²) in [5.41, 5.74) is 4.33. The fraction of sp³-hybridized carbons (Fsp3) is 0.341. The molecule has 0 radical (unpaired) electrons. The molecule has 2 aromatic heterocycles. The first-order valence-corrected chi connectivity index (χ1v) is 18.0. The van der Waals surface area contributed by atoms with Gasteiger partial charge in [0, 0.05) is 48.0 Å². The van der Waals surface area contributed by atoms with Crippen molar-refractivity contribution in [1.82, 2.24) is 19.5 Å². The lowest BCUT2D eigenvalue weighted by molar-refractivity contribution is 0.122. The third-order valence-electron chi connectivity index (χ3n) is 10.2. The number of anilines is 3. The van der Waals surface area contributed by atoms with Crippen molar-refractivity contribution in [3.63, 3.8) is 0 Å². The molecule has 2 fully saturated rings. The van der Waals surface area contributed by atoms with E-state index in [0.717, 1.165) is 59.3 Å². The second kappa shape index (κ2) is 15.0. The molecular formula is C41H44N6O5. The molecule has 3 heterocycles. The highest BCUT2D eigenvalue weighted by Gasteiger charge is 2.27. The molecule has 11 heteroatoms. The summed E-state index contributed by atoms with van der Waals surface area (Å²) in [6.45, 7) is 3.48. The van der Waals surface area contributed by atoms with Crippen LogP contribution in [0.4, 0.5) is 17.2 Å².